The molecule has 0 saturated heterocycles. The summed E-state index contributed by atoms with van der Waals surface area (Å²) >= 11 is 0. The third kappa shape index (κ3) is 9.35. The smallest absolute Gasteiger partial charge is 0.309 e. The van der Waals surface area contributed by atoms with E-state index in [9.17, 15) is 4.79 Å². The van der Waals surface area contributed by atoms with Crippen LogP contribution in [0, 0.1) is 11.3 Å². The zero-order valence-electron chi connectivity index (χ0n) is 31.8. The molecule has 9 nitrogen and oxygen atoms in total. The lowest BCUT2D eigenvalue weighted by Gasteiger charge is -2.30. The predicted octanol–water partition coefficient (Wildman–Crippen LogP) is 9.12. The Morgan fingerprint density at radius 2 is 1.57 bits per heavy atom. The minimum absolute atomic E-state index is 0.0209. The summed E-state index contributed by atoms with van der Waals surface area (Å²) in [5.41, 5.74) is 5.90. The first kappa shape index (κ1) is 37.4. The van der Waals surface area contributed by atoms with Gasteiger partial charge in [-0.1, -0.05) is 75.7 Å². The van der Waals surface area contributed by atoms with Gasteiger partial charge in [-0.3, -0.25) is 9.78 Å². The molecule has 0 aliphatic heterocycles. The number of carbonyl (C=O) groups excluding carboxylic acids is 1. The highest BCUT2D eigenvalue weighted by atomic mass is 28.3. The van der Waals surface area contributed by atoms with Crippen molar-refractivity contribution in [3.63, 3.8) is 0 Å². The Labute approximate surface area is 306 Å². The van der Waals surface area contributed by atoms with Crippen LogP contribution in [0.3, 0.4) is 0 Å². The van der Waals surface area contributed by atoms with Crippen LogP contribution in [0.2, 0.25) is 51.4 Å². The van der Waals surface area contributed by atoms with Crippen molar-refractivity contribution in [1.82, 2.24) is 19.6 Å². The summed E-state index contributed by atoms with van der Waals surface area (Å²) < 4.78 is 20.1. The molecule has 1 spiro atoms. The van der Waals surface area contributed by atoms with E-state index in [1.54, 1.807) is 0 Å². The van der Waals surface area contributed by atoms with Crippen LogP contribution in [-0.4, -0.2) is 75.0 Å². The van der Waals surface area contributed by atoms with E-state index >= 15 is 0 Å². The molecule has 1 atom stereocenters. The van der Waals surface area contributed by atoms with Crippen LogP contribution >= 0.6 is 0 Å². The minimum Gasteiger partial charge on any atom is -0.466 e. The zero-order valence-corrected chi connectivity index (χ0v) is 33.8. The predicted molar refractivity (Wildman–Crippen MR) is 210 cm³/mol. The molecular weight excluding hydrogens is 671 g/mol. The Hall–Kier alpha value is -3.39. The molecule has 0 radical (unpaired) electrons. The van der Waals surface area contributed by atoms with Crippen molar-refractivity contribution in [1.29, 1.82) is 0 Å². The zero-order chi connectivity index (χ0) is 36.2. The van der Waals surface area contributed by atoms with Crippen molar-refractivity contribution in [2.75, 3.05) is 38.2 Å². The molecule has 4 aromatic rings. The summed E-state index contributed by atoms with van der Waals surface area (Å²) in [6.07, 6.45) is 8.81. The van der Waals surface area contributed by atoms with E-state index in [0.29, 0.717) is 20.1 Å². The van der Waals surface area contributed by atoms with Gasteiger partial charge >= 0.3 is 5.97 Å². The first-order chi connectivity index (χ1) is 24.4. The number of nitrogens with zero attached hydrogens (tertiary/aromatic N) is 5. The number of rotatable bonds is 16. The second kappa shape index (κ2) is 15.7. The van der Waals surface area contributed by atoms with Gasteiger partial charge in [0.25, 0.3) is 0 Å². The quantitative estimate of drug-likeness (QED) is 0.0489. The van der Waals surface area contributed by atoms with Gasteiger partial charge in [0.05, 0.1) is 24.4 Å². The SMILES string of the molecule is CCOC(=O)C1CC12CCC(c1cc(N(COCC[Si](C)(C)C)COCC[Si](C)(C)C)n3ncc(-c4ccc(-c5ccccc5)nc4)c3n1)CC2. The summed E-state index contributed by atoms with van der Waals surface area (Å²) in [7, 11) is -2.50. The second-order valence-electron chi connectivity index (χ2n) is 17.0. The van der Waals surface area contributed by atoms with Crippen LogP contribution in [0.1, 0.15) is 50.6 Å². The van der Waals surface area contributed by atoms with E-state index < -0.39 is 16.1 Å². The van der Waals surface area contributed by atoms with Crippen molar-refractivity contribution in [2.24, 2.45) is 11.3 Å². The number of ether oxygens (including phenoxy) is 3. The molecule has 3 aromatic heterocycles. The molecule has 2 aliphatic carbocycles. The van der Waals surface area contributed by atoms with Gasteiger partial charge in [0.2, 0.25) is 0 Å². The van der Waals surface area contributed by atoms with Crippen molar-refractivity contribution >= 4 is 33.6 Å². The number of benzene rings is 1. The van der Waals surface area contributed by atoms with E-state index in [1.807, 2.05) is 42.0 Å². The van der Waals surface area contributed by atoms with Gasteiger partial charge < -0.3 is 19.1 Å². The lowest BCUT2D eigenvalue weighted by atomic mass is 9.77. The van der Waals surface area contributed by atoms with E-state index in [4.69, 9.17) is 29.3 Å². The van der Waals surface area contributed by atoms with Gasteiger partial charge in [-0.25, -0.2) is 4.98 Å². The highest BCUT2D eigenvalue weighted by molar-refractivity contribution is 6.76. The highest BCUT2D eigenvalue weighted by Gasteiger charge is 2.59. The molecule has 2 aliphatic rings. The average molecular weight is 728 g/mol. The normalized spacial score (nSPS) is 20.5. The number of esters is 1. The molecule has 1 aromatic carbocycles. The van der Waals surface area contributed by atoms with E-state index in [1.165, 1.54) is 0 Å². The Morgan fingerprint density at radius 1 is 0.902 bits per heavy atom. The maximum absolute atomic E-state index is 12.6. The molecule has 0 bridgehead atoms. The van der Waals surface area contributed by atoms with Crippen molar-refractivity contribution < 1.29 is 19.0 Å². The van der Waals surface area contributed by atoms with Crippen molar-refractivity contribution in [3.05, 3.63) is 66.6 Å². The number of fused-ring (bicyclic) bond motifs is 1. The molecule has 11 heteroatoms. The van der Waals surface area contributed by atoms with Crippen LogP contribution in [0.4, 0.5) is 5.82 Å². The van der Waals surface area contributed by atoms with Gasteiger partial charge in [0, 0.05) is 69.9 Å². The topological polar surface area (TPSA) is 91.1 Å². The third-order valence-electron chi connectivity index (χ3n) is 10.6. The molecule has 3 heterocycles. The number of aromatic nitrogens is 4. The van der Waals surface area contributed by atoms with Gasteiger partial charge in [-0.05, 0) is 62.6 Å². The summed E-state index contributed by atoms with van der Waals surface area (Å²) in [6, 6.07) is 18.8. The fourth-order valence-corrected chi connectivity index (χ4v) is 8.69. The molecule has 51 heavy (non-hydrogen) atoms. The number of hydrogen-bond donors (Lipinski definition) is 0. The molecule has 2 fully saturated rings. The average Bonchev–Trinajstić information content (AvgIpc) is 3.63. The molecule has 274 valence electrons. The molecule has 6 rings (SSSR count). The summed E-state index contributed by atoms with van der Waals surface area (Å²) in [5.74, 6) is 1.24. The van der Waals surface area contributed by atoms with E-state index in [2.05, 4.69) is 74.5 Å². The molecule has 2 saturated carbocycles. The van der Waals surface area contributed by atoms with Crippen LogP contribution in [0.15, 0.2) is 60.9 Å². The van der Waals surface area contributed by atoms with Crippen molar-refractivity contribution in [2.45, 2.75) is 96.3 Å². The lowest BCUT2D eigenvalue weighted by Crippen LogP contribution is -2.33. The minimum atomic E-state index is -1.25. The Bertz CT molecular complexity index is 1740. The van der Waals surface area contributed by atoms with Gasteiger partial charge in [-0.15, -0.1) is 0 Å². The standard InChI is InChI=1S/C40H57N5O4Si2/c1-8-49-39(46)34-25-40(34)18-16-31(17-19-40)36-24-37(44(28-47-20-22-50(2,3)4)29-48-21-23-51(5,6)7)45-38(43-36)33(27-42-45)32-14-15-35(41-26-32)30-12-10-9-11-13-30/h9-15,24,26-27,31,34H,8,16-23,25,28-29H2,1-7H3. The molecule has 1 unspecified atom stereocenters. The van der Waals surface area contributed by atoms with Crippen LogP contribution in [0.25, 0.3) is 28.0 Å². The van der Waals surface area contributed by atoms with Gasteiger partial charge in [0.15, 0.2) is 5.65 Å². The number of pyridine rings is 1. The monoisotopic (exact) mass is 727 g/mol. The fraction of sp³-hybridized carbons (Fsp3) is 0.550. The maximum atomic E-state index is 12.6. The lowest BCUT2D eigenvalue weighted by molar-refractivity contribution is -0.145. The Balaban J connectivity index is 1.32. The number of carbonyl (C=O) groups is 1. The summed E-state index contributed by atoms with van der Waals surface area (Å²) in [6.45, 7) is 18.9. The number of hydrogen-bond acceptors (Lipinski definition) is 8. The molecular formula is C40H57N5O4Si2. The third-order valence-corrected chi connectivity index (χ3v) is 14.0. The highest BCUT2D eigenvalue weighted by Crippen LogP contribution is 2.63. The van der Waals surface area contributed by atoms with Gasteiger partial charge in [-0.2, -0.15) is 9.61 Å². The second-order valence-corrected chi connectivity index (χ2v) is 28.3. The van der Waals surface area contributed by atoms with Gasteiger partial charge in [0.1, 0.15) is 19.3 Å². The van der Waals surface area contributed by atoms with E-state index in [-0.39, 0.29) is 23.2 Å². The van der Waals surface area contributed by atoms with Crippen molar-refractivity contribution in [3.8, 4) is 22.4 Å². The Kier molecular flexibility index (Phi) is 11.5. The summed E-state index contributed by atoms with van der Waals surface area (Å²) in [5, 5.41) is 4.93. The number of anilines is 1. The van der Waals surface area contributed by atoms with E-state index in [0.717, 1.165) is 96.9 Å². The summed E-state index contributed by atoms with van der Waals surface area (Å²) in [4.78, 5) is 25.0. The largest absolute Gasteiger partial charge is 0.466 e. The van der Waals surface area contributed by atoms with Crippen LogP contribution in [-0.2, 0) is 19.0 Å². The molecule has 0 N–H and O–H groups in total. The Morgan fingerprint density at radius 3 is 2.16 bits per heavy atom. The van der Waals surface area contributed by atoms with Crippen LogP contribution in [0.5, 0.6) is 0 Å². The maximum Gasteiger partial charge on any atom is 0.309 e. The molecule has 0 amide bonds. The first-order valence-electron chi connectivity index (χ1n) is 18.8. The van der Waals surface area contributed by atoms with Crippen LogP contribution < -0.4 is 4.90 Å². The fourth-order valence-electron chi connectivity index (χ4n) is 7.18. The first-order valence-corrected chi connectivity index (χ1v) is 26.2.